The average molecular weight is 195 g/mol. The molecule has 0 fully saturated rings. The summed E-state index contributed by atoms with van der Waals surface area (Å²) in [6.07, 6.45) is 9.60. The van der Waals surface area contributed by atoms with Crippen LogP contribution in [0.5, 0.6) is 0 Å². The minimum atomic E-state index is 0.477. The van der Waals surface area contributed by atoms with Crippen molar-refractivity contribution in [3.63, 3.8) is 0 Å². The monoisotopic (exact) mass is 195 g/mol. The Labute approximate surface area is 88.9 Å². The maximum absolute atomic E-state index is 6.10. The molecular formula is C14H13N. The van der Waals surface area contributed by atoms with Crippen LogP contribution in [0.2, 0.25) is 0 Å². The number of hydrogen-bond donors (Lipinski definition) is 1. The van der Waals surface area contributed by atoms with Gasteiger partial charge < -0.3 is 5.73 Å². The van der Waals surface area contributed by atoms with E-state index in [4.69, 9.17) is 5.73 Å². The normalized spacial score (nSPS) is 22.5. The minimum Gasteiger partial charge on any atom is -0.402 e. The van der Waals surface area contributed by atoms with Crippen LogP contribution in [0.3, 0.4) is 0 Å². The summed E-state index contributed by atoms with van der Waals surface area (Å²) in [6.45, 7) is 0. The van der Waals surface area contributed by atoms with E-state index in [1.54, 1.807) is 0 Å². The Hall–Kier alpha value is -1.76. The first-order valence-electron chi connectivity index (χ1n) is 5.29. The van der Waals surface area contributed by atoms with Crippen LogP contribution in [0.1, 0.15) is 6.42 Å². The lowest BCUT2D eigenvalue weighted by molar-refractivity contribution is 0.834. The molecule has 0 radical (unpaired) electrons. The topological polar surface area (TPSA) is 26.0 Å². The maximum Gasteiger partial charge on any atom is 0.0169 e. The fourth-order valence-corrected chi connectivity index (χ4v) is 2.41. The van der Waals surface area contributed by atoms with Crippen molar-refractivity contribution in [2.75, 3.05) is 0 Å². The van der Waals surface area contributed by atoms with E-state index in [1.165, 1.54) is 16.0 Å². The van der Waals surface area contributed by atoms with E-state index in [1.807, 2.05) is 0 Å². The van der Waals surface area contributed by atoms with Gasteiger partial charge in [-0.2, -0.15) is 0 Å². The number of benzene rings is 1. The third kappa shape index (κ3) is 1.23. The Morgan fingerprint density at radius 2 is 1.87 bits per heavy atom. The quantitative estimate of drug-likeness (QED) is 0.658. The zero-order valence-corrected chi connectivity index (χ0v) is 8.48. The third-order valence-electron chi connectivity index (χ3n) is 3.15. The number of nitrogens with two attached hydrogens (primary N) is 1. The van der Waals surface area contributed by atoms with Crippen LogP contribution >= 0.6 is 0 Å². The molecule has 2 N–H and O–H groups in total. The first-order valence-corrected chi connectivity index (χ1v) is 5.29. The molecule has 0 saturated heterocycles. The molecule has 1 aromatic rings. The highest BCUT2D eigenvalue weighted by molar-refractivity contribution is 5.69. The molecule has 0 heterocycles. The maximum atomic E-state index is 6.10. The van der Waals surface area contributed by atoms with Crippen molar-refractivity contribution in [2.45, 2.75) is 6.42 Å². The van der Waals surface area contributed by atoms with Crippen molar-refractivity contribution in [2.24, 2.45) is 11.7 Å². The molecule has 2 aliphatic carbocycles. The van der Waals surface area contributed by atoms with Gasteiger partial charge in [0.15, 0.2) is 0 Å². The summed E-state index contributed by atoms with van der Waals surface area (Å²) in [6, 6.07) is 8.40. The molecule has 1 unspecified atom stereocenters. The number of allylic oxidation sites excluding steroid dienone is 4. The highest BCUT2D eigenvalue weighted by Crippen LogP contribution is 2.25. The van der Waals surface area contributed by atoms with E-state index < -0.39 is 0 Å². The van der Waals surface area contributed by atoms with E-state index in [9.17, 15) is 0 Å². The number of fused-ring (bicyclic) bond motifs is 2. The first kappa shape index (κ1) is 8.54. The van der Waals surface area contributed by atoms with Crippen LogP contribution in [0.15, 0.2) is 48.6 Å². The minimum absolute atomic E-state index is 0.477. The lowest BCUT2D eigenvalue weighted by Crippen LogP contribution is -2.37. The van der Waals surface area contributed by atoms with Gasteiger partial charge in [0.1, 0.15) is 0 Å². The van der Waals surface area contributed by atoms with E-state index >= 15 is 0 Å². The van der Waals surface area contributed by atoms with Crippen LogP contribution in [0.4, 0.5) is 0 Å². The van der Waals surface area contributed by atoms with Crippen LogP contribution in [0, 0.1) is 5.92 Å². The molecule has 0 saturated carbocycles. The molecule has 1 heteroatoms. The average Bonchev–Trinajstić information content (AvgIpc) is 2.30. The lowest BCUT2D eigenvalue weighted by Gasteiger charge is -2.21. The Balaban J connectivity index is 2.45. The second-order valence-corrected chi connectivity index (χ2v) is 4.08. The van der Waals surface area contributed by atoms with Gasteiger partial charge in [-0.15, -0.1) is 0 Å². The third-order valence-corrected chi connectivity index (χ3v) is 3.15. The highest BCUT2D eigenvalue weighted by Gasteiger charge is 2.17. The largest absolute Gasteiger partial charge is 0.402 e. The molecule has 3 rings (SSSR count). The van der Waals surface area contributed by atoms with Crippen molar-refractivity contribution in [1.29, 1.82) is 0 Å². The second kappa shape index (κ2) is 3.13. The zero-order chi connectivity index (χ0) is 10.3. The van der Waals surface area contributed by atoms with Gasteiger partial charge >= 0.3 is 0 Å². The summed E-state index contributed by atoms with van der Waals surface area (Å²) in [5.74, 6) is 0.477. The van der Waals surface area contributed by atoms with Gasteiger partial charge in [0.25, 0.3) is 0 Å². The number of rotatable bonds is 0. The zero-order valence-electron chi connectivity index (χ0n) is 8.48. The summed E-state index contributed by atoms with van der Waals surface area (Å²) in [5, 5.41) is 2.51. The lowest BCUT2D eigenvalue weighted by atomic mass is 9.84. The summed E-state index contributed by atoms with van der Waals surface area (Å²) in [5.41, 5.74) is 8.52. The van der Waals surface area contributed by atoms with Gasteiger partial charge in [0.2, 0.25) is 0 Å². The SMILES string of the molecule is NC1=c2ccccc2=C2C=CC=CC2C1. The van der Waals surface area contributed by atoms with E-state index in [2.05, 4.69) is 48.6 Å². The molecule has 2 aliphatic rings. The van der Waals surface area contributed by atoms with Crippen molar-refractivity contribution in [3.05, 3.63) is 59.0 Å². The Morgan fingerprint density at radius 3 is 2.73 bits per heavy atom. The van der Waals surface area contributed by atoms with Crippen molar-refractivity contribution in [3.8, 4) is 0 Å². The van der Waals surface area contributed by atoms with Gasteiger partial charge in [0.05, 0.1) is 0 Å². The molecular weight excluding hydrogens is 182 g/mol. The van der Waals surface area contributed by atoms with Gasteiger partial charge in [-0.05, 0) is 17.2 Å². The van der Waals surface area contributed by atoms with Crippen LogP contribution in [-0.2, 0) is 0 Å². The van der Waals surface area contributed by atoms with E-state index in [0.717, 1.165) is 12.1 Å². The predicted octanol–water partition coefficient (Wildman–Crippen LogP) is 1.05. The summed E-state index contributed by atoms with van der Waals surface area (Å²) < 4.78 is 0. The first-order chi connectivity index (χ1) is 7.36. The standard InChI is InChI=1S/C14H13N/c15-14-9-10-5-1-2-6-11(10)12-7-3-4-8-13(12)14/h1-8,10H,9,15H2. The van der Waals surface area contributed by atoms with Gasteiger partial charge in [0, 0.05) is 16.8 Å². The summed E-state index contributed by atoms with van der Waals surface area (Å²) >= 11 is 0. The molecule has 0 bridgehead atoms. The fourth-order valence-electron chi connectivity index (χ4n) is 2.41. The fraction of sp³-hybridized carbons (Fsp3) is 0.143. The molecule has 0 aliphatic heterocycles. The molecule has 74 valence electrons. The van der Waals surface area contributed by atoms with Gasteiger partial charge in [-0.1, -0.05) is 48.6 Å². The Morgan fingerprint density at radius 1 is 1.07 bits per heavy atom. The summed E-state index contributed by atoms with van der Waals surface area (Å²) in [7, 11) is 0. The van der Waals surface area contributed by atoms with Crippen LogP contribution in [0.25, 0.3) is 11.3 Å². The van der Waals surface area contributed by atoms with E-state index in [-0.39, 0.29) is 0 Å². The molecule has 0 spiro atoms. The van der Waals surface area contributed by atoms with E-state index in [0.29, 0.717) is 5.92 Å². The van der Waals surface area contributed by atoms with Gasteiger partial charge in [-0.3, -0.25) is 0 Å². The number of hydrogen-bond acceptors (Lipinski definition) is 1. The van der Waals surface area contributed by atoms with Crippen molar-refractivity contribution < 1.29 is 0 Å². The molecule has 0 amide bonds. The molecule has 1 aromatic carbocycles. The molecule has 1 nitrogen and oxygen atoms in total. The van der Waals surface area contributed by atoms with Crippen molar-refractivity contribution in [1.82, 2.24) is 0 Å². The predicted molar refractivity (Wildman–Crippen MR) is 63.1 cm³/mol. The van der Waals surface area contributed by atoms with Crippen molar-refractivity contribution >= 4 is 11.3 Å². The Kier molecular flexibility index (Phi) is 1.78. The highest BCUT2D eigenvalue weighted by atomic mass is 14.6. The second-order valence-electron chi connectivity index (χ2n) is 4.08. The molecule has 0 aromatic heterocycles. The Bertz CT molecular complexity index is 576. The molecule has 15 heavy (non-hydrogen) atoms. The smallest absolute Gasteiger partial charge is 0.0169 e. The molecule has 1 atom stereocenters. The summed E-state index contributed by atoms with van der Waals surface area (Å²) in [4.78, 5) is 0. The van der Waals surface area contributed by atoms with Crippen LogP contribution in [-0.4, -0.2) is 0 Å². The van der Waals surface area contributed by atoms with Gasteiger partial charge in [-0.25, -0.2) is 0 Å². The van der Waals surface area contributed by atoms with Crippen LogP contribution < -0.4 is 16.2 Å².